The standard InChI is InChI=1S/C28H36N2O3/c1-5-6-7-8-9-10-27(32)29-22-14-11-20(12-15-22)26(31)18-25-24-17-23(33-4)16-13-21(24)19-28(2,3)30-25/h11-18,30H,5-10,19H2,1-4H3,(H,29,32). The Morgan fingerprint density at radius 3 is 2.48 bits per heavy atom. The van der Waals surface area contributed by atoms with E-state index >= 15 is 0 Å². The summed E-state index contributed by atoms with van der Waals surface area (Å²) in [6.45, 7) is 6.43. The van der Waals surface area contributed by atoms with E-state index in [-0.39, 0.29) is 17.2 Å². The molecule has 0 saturated carbocycles. The number of benzene rings is 2. The van der Waals surface area contributed by atoms with Crippen LogP contribution in [0.5, 0.6) is 5.75 Å². The first-order valence-electron chi connectivity index (χ1n) is 11.9. The van der Waals surface area contributed by atoms with Crippen LogP contribution in [0.4, 0.5) is 5.69 Å². The molecule has 0 radical (unpaired) electrons. The van der Waals surface area contributed by atoms with Gasteiger partial charge in [-0.15, -0.1) is 0 Å². The third-order valence-corrected chi connectivity index (χ3v) is 5.95. The summed E-state index contributed by atoms with van der Waals surface area (Å²) in [7, 11) is 1.64. The maximum Gasteiger partial charge on any atom is 0.224 e. The van der Waals surface area contributed by atoms with E-state index in [1.54, 1.807) is 37.5 Å². The molecule has 2 N–H and O–H groups in total. The summed E-state index contributed by atoms with van der Waals surface area (Å²) >= 11 is 0. The molecule has 3 rings (SSSR count). The number of unbranched alkanes of at least 4 members (excludes halogenated alkanes) is 4. The average molecular weight is 449 g/mol. The fourth-order valence-corrected chi connectivity index (χ4v) is 4.20. The largest absolute Gasteiger partial charge is 0.497 e. The SMILES string of the molecule is CCCCCCCC(=O)Nc1ccc(C(=O)C=C2NC(C)(C)Cc3ccc(OC)cc32)cc1. The quantitative estimate of drug-likeness (QED) is 0.260. The molecule has 0 fully saturated rings. The Hall–Kier alpha value is -3.08. The lowest BCUT2D eigenvalue weighted by atomic mass is 9.85. The average Bonchev–Trinajstić information content (AvgIpc) is 2.78. The van der Waals surface area contributed by atoms with Gasteiger partial charge in [-0.3, -0.25) is 9.59 Å². The van der Waals surface area contributed by atoms with E-state index in [9.17, 15) is 9.59 Å². The lowest BCUT2D eigenvalue weighted by Crippen LogP contribution is -2.43. The second kappa shape index (κ2) is 11.2. The Morgan fingerprint density at radius 2 is 1.79 bits per heavy atom. The molecule has 1 aliphatic rings. The van der Waals surface area contributed by atoms with Crippen LogP contribution < -0.4 is 15.4 Å². The second-order valence-corrected chi connectivity index (χ2v) is 9.42. The first-order valence-corrected chi connectivity index (χ1v) is 11.9. The van der Waals surface area contributed by atoms with Gasteiger partial charge < -0.3 is 15.4 Å². The van der Waals surface area contributed by atoms with Crippen molar-refractivity contribution in [2.75, 3.05) is 12.4 Å². The van der Waals surface area contributed by atoms with E-state index in [1.807, 2.05) is 12.1 Å². The Bertz CT molecular complexity index is 1010. The van der Waals surface area contributed by atoms with Gasteiger partial charge in [0.25, 0.3) is 0 Å². The van der Waals surface area contributed by atoms with E-state index in [0.717, 1.165) is 36.3 Å². The number of hydrogen-bond donors (Lipinski definition) is 2. The number of amides is 1. The first-order chi connectivity index (χ1) is 15.8. The van der Waals surface area contributed by atoms with Crippen molar-refractivity contribution in [1.82, 2.24) is 5.32 Å². The van der Waals surface area contributed by atoms with Crippen molar-refractivity contribution in [2.45, 2.75) is 71.3 Å². The molecule has 176 valence electrons. The summed E-state index contributed by atoms with van der Waals surface area (Å²) in [5.74, 6) is 0.698. The molecule has 0 unspecified atom stereocenters. The summed E-state index contributed by atoms with van der Waals surface area (Å²) in [6.07, 6.45) is 8.64. The van der Waals surface area contributed by atoms with Gasteiger partial charge in [0.1, 0.15) is 5.75 Å². The van der Waals surface area contributed by atoms with Crippen LogP contribution in [0.2, 0.25) is 0 Å². The van der Waals surface area contributed by atoms with Gasteiger partial charge in [0.05, 0.1) is 7.11 Å². The highest BCUT2D eigenvalue weighted by atomic mass is 16.5. The molecule has 0 saturated heterocycles. The number of nitrogens with one attached hydrogen (secondary N) is 2. The van der Waals surface area contributed by atoms with Crippen molar-refractivity contribution in [2.24, 2.45) is 0 Å². The Morgan fingerprint density at radius 1 is 1.06 bits per heavy atom. The van der Waals surface area contributed by atoms with Crippen LogP contribution in [-0.4, -0.2) is 24.3 Å². The lowest BCUT2D eigenvalue weighted by Gasteiger charge is -2.35. The number of ether oxygens (including phenoxy) is 1. The lowest BCUT2D eigenvalue weighted by molar-refractivity contribution is -0.116. The predicted octanol–water partition coefficient (Wildman–Crippen LogP) is 6.14. The minimum absolute atomic E-state index is 0.0203. The van der Waals surface area contributed by atoms with Gasteiger partial charge in [0.2, 0.25) is 5.91 Å². The van der Waals surface area contributed by atoms with E-state index in [0.29, 0.717) is 17.7 Å². The second-order valence-electron chi connectivity index (χ2n) is 9.42. The smallest absolute Gasteiger partial charge is 0.224 e. The van der Waals surface area contributed by atoms with Crippen LogP contribution in [0, 0.1) is 0 Å². The molecular formula is C28H36N2O3. The van der Waals surface area contributed by atoms with E-state index in [2.05, 4.69) is 37.5 Å². The minimum atomic E-state index is -0.154. The third-order valence-electron chi connectivity index (χ3n) is 5.95. The van der Waals surface area contributed by atoms with Gasteiger partial charge in [-0.05, 0) is 68.7 Å². The fourth-order valence-electron chi connectivity index (χ4n) is 4.20. The number of rotatable bonds is 10. The monoisotopic (exact) mass is 448 g/mol. The van der Waals surface area contributed by atoms with E-state index in [4.69, 9.17) is 4.74 Å². The molecule has 0 aromatic heterocycles. The number of fused-ring (bicyclic) bond motifs is 1. The van der Waals surface area contributed by atoms with Crippen molar-refractivity contribution in [3.8, 4) is 5.75 Å². The van der Waals surface area contributed by atoms with Crippen LogP contribution in [0.25, 0.3) is 5.70 Å². The molecule has 0 atom stereocenters. The van der Waals surface area contributed by atoms with Gasteiger partial charge in [-0.25, -0.2) is 0 Å². The zero-order valence-electron chi connectivity index (χ0n) is 20.3. The van der Waals surface area contributed by atoms with Crippen molar-refractivity contribution >= 4 is 23.1 Å². The number of anilines is 1. The van der Waals surface area contributed by atoms with Gasteiger partial charge in [0, 0.05) is 40.5 Å². The van der Waals surface area contributed by atoms with Gasteiger partial charge >= 0.3 is 0 Å². The fraction of sp³-hybridized carbons (Fsp3) is 0.429. The Labute approximate surface area is 197 Å². The molecule has 1 amide bonds. The number of allylic oxidation sites excluding steroid dienone is 1. The number of carbonyl (C=O) groups excluding carboxylic acids is 2. The maximum absolute atomic E-state index is 13.0. The molecule has 5 nitrogen and oxygen atoms in total. The summed E-state index contributed by atoms with van der Waals surface area (Å²) in [4.78, 5) is 25.2. The highest BCUT2D eigenvalue weighted by Gasteiger charge is 2.28. The molecule has 0 aliphatic carbocycles. The first kappa shape index (κ1) is 24.6. The van der Waals surface area contributed by atoms with Crippen molar-refractivity contribution < 1.29 is 14.3 Å². The molecule has 0 bridgehead atoms. The summed E-state index contributed by atoms with van der Waals surface area (Å²) in [5.41, 5.74) is 4.11. The molecule has 1 aliphatic heterocycles. The molecule has 2 aromatic rings. The Balaban J connectivity index is 1.67. The van der Waals surface area contributed by atoms with Crippen molar-refractivity contribution in [3.63, 3.8) is 0 Å². The van der Waals surface area contributed by atoms with E-state index < -0.39 is 0 Å². The van der Waals surface area contributed by atoms with Crippen LogP contribution in [0.15, 0.2) is 48.5 Å². The van der Waals surface area contributed by atoms with Crippen molar-refractivity contribution in [1.29, 1.82) is 0 Å². The summed E-state index contributed by atoms with van der Waals surface area (Å²) in [6, 6.07) is 13.1. The molecule has 5 heteroatoms. The van der Waals surface area contributed by atoms with Crippen LogP contribution in [-0.2, 0) is 11.2 Å². The van der Waals surface area contributed by atoms with Crippen LogP contribution >= 0.6 is 0 Å². The van der Waals surface area contributed by atoms with Crippen LogP contribution in [0.3, 0.4) is 0 Å². The van der Waals surface area contributed by atoms with Gasteiger partial charge in [0.15, 0.2) is 5.78 Å². The topological polar surface area (TPSA) is 67.4 Å². The van der Waals surface area contributed by atoms with Gasteiger partial charge in [-0.2, -0.15) is 0 Å². The van der Waals surface area contributed by atoms with Crippen molar-refractivity contribution in [3.05, 3.63) is 65.2 Å². The highest BCUT2D eigenvalue weighted by molar-refractivity contribution is 6.09. The zero-order chi connectivity index (χ0) is 23.8. The number of methoxy groups -OCH3 is 1. The summed E-state index contributed by atoms with van der Waals surface area (Å²) in [5, 5.41) is 6.42. The number of hydrogen-bond acceptors (Lipinski definition) is 4. The maximum atomic E-state index is 13.0. The molecule has 33 heavy (non-hydrogen) atoms. The predicted molar refractivity (Wildman–Crippen MR) is 135 cm³/mol. The molecule has 2 aromatic carbocycles. The van der Waals surface area contributed by atoms with Crippen LogP contribution in [0.1, 0.15) is 80.8 Å². The highest BCUT2D eigenvalue weighted by Crippen LogP contribution is 2.32. The summed E-state index contributed by atoms with van der Waals surface area (Å²) < 4.78 is 5.38. The van der Waals surface area contributed by atoms with E-state index in [1.165, 1.54) is 24.8 Å². The molecule has 0 spiro atoms. The molecular weight excluding hydrogens is 412 g/mol. The Kier molecular flexibility index (Phi) is 8.32. The third kappa shape index (κ3) is 6.95. The minimum Gasteiger partial charge on any atom is -0.497 e. The molecule has 1 heterocycles. The normalized spacial score (nSPS) is 15.5. The number of ketones is 1. The number of carbonyl (C=O) groups is 2. The zero-order valence-corrected chi connectivity index (χ0v) is 20.3. The van der Waals surface area contributed by atoms with Gasteiger partial charge in [-0.1, -0.05) is 38.7 Å².